The molecule has 0 aromatic heterocycles. The van der Waals surface area contributed by atoms with Gasteiger partial charge in [0.1, 0.15) is 6.04 Å². The molecule has 0 N–H and O–H groups in total. The Morgan fingerprint density at radius 3 is 2.39 bits per heavy atom. The van der Waals surface area contributed by atoms with Gasteiger partial charge in [-0.2, -0.15) is 0 Å². The largest absolute Gasteiger partial charge is 0.466 e. The van der Waals surface area contributed by atoms with Crippen LogP contribution in [0.2, 0.25) is 0 Å². The summed E-state index contributed by atoms with van der Waals surface area (Å²) in [5.74, 6) is -0.0780. The molecule has 1 aliphatic heterocycles. The molecule has 0 radical (unpaired) electrons. The van der Waals surface area contributed by atoms with E-state index in [1.807, 2.05) is 62.0 Å². The number of aryl methyl sites for hydroxylation is 1. The normalized spacial score (nSPS) is 17.4. The zero-order valence-electron chi connectivity index (χ0n) is 17.9. The Kier molecular flexibility index (Phi) is 8.01. The molecule has 0 bridgehead atoms. The predicted octanol–water partition coefficient (Wildman–Crippen LogP) is 2.81. The molecule has 1 aromatic rings. The van der Waals surface area contributed by atoms with Gasteiger partial charge in [-0.25, -0.2) is 0 Å². The van der Waals surface area contributed by atoms with Gasteiger partial charge in [-0.05, 0) is 58.3 Å². The van der Waals surface area contributed by atoms with Gasteiger partial charge >= 0.3 is 5.97 Å². The molecule has 6 nitrogen and oxygen atoms in total. The third-order valence-corrected chi connectivity index (χ3v) is 5.76. The number of carbonyl (C=O) groups is 2. The summed E-state index contributed by atoms with van der Waals surface area (Å²) in [6.45, 7) is 5.84. The fourth-order valence-corrected chi connectivity index (χ4v) is 3.99. The summed E-state index contributed by atoms with van der Waals surface area (Å²) in [7, 11) is 5.50. The minimum atomic E-state index is -0.556. The fourth-order valence-electron chi connectivity index (χ4n) is 3.99. The summed E-state index contributed by atoms with van der Waals surface area (Å²) in [4.78, 5) is 29.8. The van der Waals surface area contributed by atoms with Gasteiger partial charge in [0, 0.05) is 26.8 Å². The highest BCUT2D eigenvalue weighted by atomic mass is 16.5. The predicted molar refractivity (Wildman–Crippen MR) is 109 cm³/mol. The van der Waals surface area contributed by atoms with Crippen LogP contribution in [0.25, 0.3) is 0 Å². The summed E-state index contributed by atoms with van der Waals surface area (Å²) in [6, 6.07) is 7.68. The third-order valence-electron chi connectivity index (χ3n) is 5.76. The Morgan fingerprint density at radius 2 is 1.86 bits per heavy atom. The number of hydrogen-bond donors (Lipinski definition) is 0. The standard InChI is InChI=1S/C22H34N2O4/c1-6-28-21(26)22(13-16-27-5)11-14-24(15-12-22)20(25)19(23(3)4)18-10-8-7-9-17(18)2/h7-10,19H,6,11-16H2,1-5H3/t19-/m0/s1. The van der Waals surface area contributed by atoms with E-state index in [1.54, 1.807) is 7.11 Å². The first-order chi connectivity index (χ1) is 13.4. The number of carbonyl (C=O) groups excluding carboxylic acids is 2. The van der Waals surface area contributed by atoms with Crippen LogP contribution in [0.5, 0.6) is 0 Å². The van der Waals surface area contributed by atoms with Crippen molar-refractivity contribution in [2.45, 2.75) is 39.2 Å². The second-order valence-corrected chi connectivity index (χ2v) is 7.79. The first kappa shape index (κ1) is 22.4. The van der Waals surface area contributed by atoms with Crippen LogP contribution in [0.4, 0.5) is 0 Å². The Bertz CT molecular complexity index is 666. The molecule has 6 heteroatoms. The lowest BCUT2D eigenvalue weighted by Gasteiger charge is -2.41. The molecule has 1 fully saturated rings. The van der Waals surface area contributed by atoms with Crippen molar-refractivity contribution in [2.24, 2.45) is 5.41 Å². The van der Waals surface area contributed by atoms with Gasteiger partial charge in [0.15, 0.2) is 0 Å². The Hall–Kier alpha value is -1.92. The zero-order valence-corrected chi connectivity index (χ0v) is 17.9. The number of nitrogens with zero attached hydrogens (tertiary/aromatic N) is 2. The molecule has 0 saturated carbocycles. The van der Waals surface area contributed by atoms with Gasteiger partial charge in [-0.3, -0.25) is 14.5 Å². The van der Waals surface area contributed by atoms with E-state index in [4.69, 9.17) is 9.47 Å². The van der Waals surface area contributed by atoms with Crippen LogP contribution in [0.3, 0.4) is 0 Å². The van der Waals surface area contributed by atoms with Crippen molar-refractivity contribution in [1.82, 2.24) is 9.80 Å². The van der Waals surface area contributed by atoms with E-state index >= 15 is 0 Å². The number of rotatable bonds is 8. The number of likely N-dealkylation sites (N-methyl/N-ethyl adjacent to an activating group) is 1. The third kappa shape index (κ3) is 4.92. The lowest BCUT2D eigenvalue weighted by Crippen LogP contribution is -2.50. The van der Waals surface area contributed by atoms with Crippen molar-refractivity contribution in [3.05, 3.63) is 35.4 Å². The van der Waals surface area contributed by atoms with Gasteiger partial charge in [0.25, 0.3) is 0 Å². The molecule has 1 atom stereocenters. The maximum Gasteiger partial charge on any atom is 0.312 e. The lowest BCUT2D eigenvalue weighted by atomic mass is 9.75. The topological polar surface area (TPSA) is 59.1 Å². The van der Waals surface area contributed by atoms with Crippen LogP contribution in [0, 0.1) is 12.3 Å². The first-order valence-electron chi connectivity index (χ1n) is 10.0. The minimum Gasteiger partial charge on any atom is -0.466 e. The monoisotopic (exact) mass is 390 g/mol. The molecule has 0 aliphatic carbocycles. The molecule has 1 heterocycles. The van der Waals surface area contributed by atoms with Crippen LogP contribution in [0.15, 0.2) is 24.3 Å². The number of amides is 1. The molecular weight excluding hydrogens is 356 g/mol. The summed E-state index contributed by atoms with van der Waals surface area (Å²) in [5, 5.41) is 0. The number of esters is 1. The van der Waals surface area contributed by atoms with Crippen molar-refractivity contribution in [3.8, 4) is 0 Å². The van der Waals surface area contributed by atoms with E-state index in [0.717, 1.165) is 11.1 Å². The Morgan fingerprint density at radius 1 is 1.21 bits per heavy atom. The van der Waals surface area contributed by atoms with Crippen molar-refractivity contribution in [1.29, 1.82) is 0 Å². The highest BCUT2D eigenvalue weighted by Gasteiger charge is 2.44. The number of piperidine rings is 1. The molecule has 1 amide bonds. The second kappa shape index (κ2) is 10.0. The average molecular weight is 391 g/mol. The molecule has 28 heavy (non-hydrogen) atoms. The molecule has 0 spiro atoms. The van der Waals surface area contributed by atoms with Crippen molar-refractivity contribution < 1.29 is 19.1 Å². The van der Waals surface area contributed by atoms with Crippen molar-refractivity contribution >= 4 is 11.9 Å². The zero-order chi connectivity index (χ0) is 20.7. The Balaban J connectivity index is 2.16. The van der Waals surface area contributed by atoms with Crippen LogP contribution >= 0.6 is 0 Å². The van der Waals surface area contributed by atoms with Gasteiger partial charge < -0.3 is 14.4 Å². The number of benzene rings is 1. The van der Waals surface area contributed by atoms with Gasteiger partial charge in [0.05, 0.1) is 12.0 Å². The smallest absolute Gasteiger partial charge is 0.312 e. The van der Waals surface area contributed by atoms with Crippen molar-refractivity contribution in [3.63, 3.8) is 0 Å². The maximum atomic E-state index is 13.4. The van der Waals surface area contributed by atoms with E-state index in [9.17, 15) is 9.59 Å². The maximum absolute atomic E-state index is 13.4. The number of likely N-dealkylation sites (tertiary alicyclic amines) is 1. The summed E-state index contributed by atoms with van der Waals surface area (Å²) in [5.41, 5.74) is 1.57. The van der Waals surface area contributed by atoms with E-state index in [-0.39, 0.29) is 17.9 Å². The quantitative estimate of drug-likeness (QED) is 0.639. The molecular formula is C22H34N2O4. The molecule has 1 saturated heterocycles. The number of ether oxygens (including phenoxy) is 2. The van der Waals surface area contributed by atoms with E-state index in [0.29, 0.717) is 45.6 Å². The van der Waals surface area contributed by atoms with Gasteiger partial charge in [-0.1, -0.05) is 24.3 Å². The number of methoxy groups -OCH3 is 1. The van der Waals surface area contributed by atoms with Crippen LogP contribution in [-0.4, -0.2) is 69.2 Å². The second-order valence-electron chi connectivity index (χ2n) is 7.79. The van der Waals surface area contributed by atoms with Crippen LogP contribution in [-0.2, 0) is 19.1 Å². The lowest BCUT2D eigenvalue weighted by molar-refractivity contribution is -0.162. The SMILES string of the molecule is CCOC(=O)C1(CCOC)CCN(C(=O)[C@H](c2ccccc2C)N(C)C)CC1. The summed E-state index contributed by atoms with van der Waals surface area (Å²) < 4.78 is 10.6. The van der Waals surface area contributed by atoms with E-state index in [2.05, 4.69) is 0 Å². The van der Waals surface area contributed by atoms with Gasteiger partial charge in [-0.15, -0.1) is 0 Å². The van der Waals surface area contributed by atoms with E-state index in [1.165, 1.54) is 0 Å². The first-order valence-corrected chi connectivity index (χ1v) is 10.0. The van der Waals surface area contributed by atoms with Crippen molar-refractivity contribution in [2.75, 3.05) is 47.5 Å². The Labute approximate surface area is 168 Å². The van der Waals surface area contributed by atoms with Gasteiger partial charge in [0.2, 0.25) is 5.91 Å². The molecule has 156 valence electrons. The molecule has 2 rings (SSSR count). The van der Waals surface area contributed by atoms with Crippen LogP contribution < -0.4 is 0 Å². The molecule has 0 unspecified atom stereocenters. The number of hydrogen-bond acceptors (Lipinski definition) is 5. The van der Waals surface area contributed by atoms with Crippen LogP contribution in [0.1, 0.15) is 43.4 Å². The summed E-state index contributed by atoms with van der Waals surface area (Å²) in [6.07, 6.45) is 1.84. The van der Waals surface area contributed by atoms with E-state index < -0.39 is 5.41 Å². The average Bonchev–Trinajstić information content (AvgIpc) is 2.68. The minimum absolute atomic E-state index is 0.0866. The fraction of sp³-hybridized carbons (Fsp3) is 0.636. The highest BCUT2D eigenvalue weighted by Crippen LogP contribution is 2.38. The molecule has 1 aliphatic rings. The highest BCUT2D eigenvalue weighted by molar-refractivity contribution is 5.84. The molecule has 1 aromatic carbocycles. The summed E-state index contributed by atoms with van der Waals surface area (Å²) >= 11 is 0.